The molecule has 1 aliphatic carbocycles. The third kappa shape index (κ3) is 3.82. The summed E-state index contributed by atoms with van der Waals surface area (Å²) in [6, 6.07) is 11.9. The number of aromatic nitrogens is 3. The summed E-state index contributed by atoms with van der Waals surface area (Å²) >= 11 is 6.11. The van der Waals surface area contributed by atoms with Gasteiger partial charge in [-0.15, -0.1) is 10.2 Å². The van der Waals surface area contributed by atoms with Gasteiger partial charge in [-0.25, -0.2) is 0 Å². The van der Waals surface area contributed by atoms with Crippen molar-refractivity contribution in [3.8, 4) is 11.4 Å². The topological polar surface area (TPSA) is 53.7 Å². The van der Waals surface area contributed by atoms with Crippen LogP contribution >= 0.6 is 11.6 Å². The number of piperazine rings is 1. The van der Waals surface area contributed by atoms with Gasteiger partial charge in [-0.1, -0.05) is 43.0 Å². The van der Waals surface area contributed by atoms with Crippen LogP contribution in [0.15, 0.2) is 42.6 Å². The standard InChI is InChI=1S/C23H26ClN5O/c24-19-6-4-5-17(15-19)22-26-25-21-16-18(9-10-29(21)22)23(30)28-13-11-27(12-14-28)20-7-2-1-3-8-20/h4-6,9-10,15-16,20H,1-3,7-8,11-14H2. The molecule has 5 rings (SSSR count). The van der Waals surface area contributed by atoms with E-state index in [-0.39, 0.29) is 5.91 Å². The lowest BCUT2D eigenvalue weighted by Gasteiger charge is -2.40. The van der Waals surface area contributed by atoms with Crippen molar-refractivity contribution < 1.29 is 4.79 Å². The maximum absolute atomic E-state index is 13.1. The Balaban J connectivity index is 1.30. The van der Waals surface area contributed by atoms with Gasteiger partial charge in [0.25, 0.3) is 5.91 Å². The van der Waals surface area contributed by atoms with E-state index in [0.717, 1.165) is 31.7 Å². The van der Waals surface area contributed by atoms with E-state index in [1.165, 1.54) is 32.1 Å². The van der Waals surface area contributed by atoms with Gasteiger partial charge in [0, 0.05) is 54.6 Å². The summed E-state index contributed by atoms with van der Waals surface area (Å²) in [5.41, 5.74) is 2.23. The highest BCUT2D eigenvalue weighted by Gasteiger charge is 2.27. The Hall–Kier alpha value is -2.44. The maximum atomic E-state index is 13.1. The Morgan fingerprint density at radius 3 is 2.53 bits per heavy atom. The van der Waals surface area contributed by atoms with Gasteiger partial charge in [0.1, 0.15) is 0 Å². The molecule has 1 amide bonds. The first-order valence-corrected chi connectivity index (χ1v) is 11.2. The van der Waals surface area contributed by atoms with Crippen LogP contribution in [0.2, 0.25) is 5.02 Å². The molecule has 0 bridgehead atoms. The lowest BCUT2D eigenvalue weighted by Crippen LogP contribution is -2.52. The van der Waals surface area contributed by atoms with Crippen LogP contribution in [0.4, 0.5) is 0 Å². The minimum absolute atomic E-state index is 0.0769. The minimum Gasteiger partial charge on any atom is -0.336 e. The predicted molar refractivity (Wildman–Crippen MR) is 118 cm³/mol. The number of rotatable bonds is 3. The van der Waals surface area contributed by atoms with Gasteiger partial charge in [-0.05, 0) is 37.1 Å². The van der Waals surface area contributed by atoms with E-state index in [1.807, 2.05) is 51.9 Å². The fourth-order valence-corrected chi connectivity index (χ4v) is 4.96. The second kappa shape index (κ2) is 8.36. The molecule has 3 heterocycles. The summed E-state index contributed by atoms with van der Waals surface area (Å²) in [5, 5.41) is 9.24. The smallest absolute Gasteiger partial charge is 0.254 e. The zero-order valence-electron chi connectivity index (χ0n) is 17.0. The van der Waals surface area contributed by atoms with Crippen molar-refractivity contribution in [3.63, 3.8) is 0 Å². The second-order valence-electron chi connectivity index (χ2n) is 8.30. The molecule has 1 saturated carbocycles. The summed E-state index contributed by atoms with van der Waals surface area (Å²) in [4.78, 5) is 17.6. The summed E-state index contributed by atoms with van der Waals surface area (Å²) in [6.07, 6.45) is 8.56. The van der Waals surface area contributed by atoms with E-state index in [9.17, 15) is 4.79 Å². The van der Waals surface area contributed by atoms with Crippen LogP contribution in [0.25, 0.3) is 17.0 Å². The average Bonchev–Trinajstić information content (AvgIpc) is 3.23. The van der Waals surface area contributed by atoms with Gasteiger partial charge in [-0.3, -0.25) is 14.1 Å². The third-order valence-corrected chi connectivity index (χ3v) is 6.67. The van der Waals surface area contributed by atoms with Gasteiger partial charge in [0.15, 0.2) is 11.5 Å². The number of hydrogen-bond acceptors (Lipinski definition) is 4. The number of pyridine rings is 1. The lowest BCUT2D eigenvalue weighted by molar-refractivity contribution is 0.0523. The van der Waals surface area contributed by atoms with Gasteiger partial charge in [-0.2, -0.15) is 0 Å². The van der Waals surface area contributed by atoms with E-state index < -0.39 is 0 Å². The molecule has 6 nitrogen and oxygen atoms in total. The highest BCUT2D eigenvalue weighted by Crippen LogP contribution is 2.25. The Bertz CT molecular complexity index is 1050. The van der Waals surface area contributed by atoms with Crippen LogP contribution in [0, 0.1) is 0 Å². The van der Waals surface area contributed by atoms with Crippen molar-refractivity contribution in [1.29, 1.82) is 0 Å². The molecule has 1 aliphatic heterocycles. The quantitative estimate of drug-likeness (QED) is 0.635. The van der Waals surface area contributed by atoms with E-state index in [0.29, 0.717) is 28.1 Å². The normalized spacial score (nSPS) is 18.8. The Labute approximate surface area is 181 Å². The first-order valence-electron chi connectivity index (χ1n) is 10.8. The van der Waals surface area contributed by atoms with Gasteiger partial charge in [0.05, 0.1) is 0 Å². The molecule has 0 atom stereocenters. The lowest BCUT2D eigenvalue weighted by atomic mass is 9.94. The average molecular weight is 424 g/mol. The highest BCUT2D eigenvalue weighted by molar-refractivity contribution is 6.30. The predicted octanol–water partition coefficient (Wildman–Crippen LogP) is 4.14. The molecule has 156 valence electrons. The first kappa shape index (κ1) is 19.5. The van der Waals surface area contributed by atoms with E-state index >= 15 is 0 Å². The van der Waals surface area contributed by atoms with Crippen molar-refractivity contribution in [1.82, 2.24) is 24.4 Å². The Morgan fingerprint density at radius 1 is 0.967 bits per heavy atom. The van der Waals surface area contributed by atoms with Crippen LogP contribution in [0.3, 0.4) is 0 Å². The monoisotopic (exact) mass is 423 g/mol. The molecule has 7 heteroatoms. The first-order chi connectivity index (χ1) is 14.7. The number of amides is 1. The highest BCUT2D eigenvalue weighted by atomic mass is 35.5. The molecule has 30 heavy (non-hydrogen) atoms. The molecule has 0 unspecified atom stereocenters. The number of carbonyl (C=O) groups is 1. The van der Waals surface area contributed by atoms with Crippen molar-refractivity contribution in [3.05, 3.63) is 53.2 Å². The molecule has 1 saturated heterocycles. The van der Waals surface area contributed by atoms with Crippen molar-refractivity contribution in [2.75, 3.05) is 26.2 Å². The van der Waals surface area contributed by atoms with E-state index in [2.05, 4.69) is 15.1 Å². The van der Waals surface area contributed by atoms with Crippen molar-refractivity contribution in [2.45, 2.75) is 38.1 Å². The zero-order valence-corrected chi connectivity index (χ0v) is 17.8. The van der Waals surface area contributed by atoms with Crippen molar-refractivity contribution >= 4 is 23.2 Å². The number of carbonyl (C=O) groups excluding carboxylic acids is 1. The number of halogens is 1. The van der Waals surface area contributed by atoms with Crippen molar-refractivity contribution in [2.24, 2.45) is 0 Å². The molecule has 0 N–H and O–H groups in total. The van der Waals surface area contributed by atoms with Gasteiger partial charge in [0.2, 0.25) is 0 Å². The van der Waals surface area contributed by atoms with Gasteiger partial charge < -0.3 is 4.90 Å². The molecule has 2 fully saturated rings. The second-order valence-corrected chi connectivity index (χ2v) is 8.73. The molecule has 2 aromatic heterocycles. The van der Waals surface area contributed by atoms with Crippen LogP contribution in [0.1, 0.15) is 42.5 Å². The molecular formula is C23H26ClN5O. The minimum atomic E-state index is 0.0769. The summed E-state index contributed by atoms with van der Waals surface area (Å²) < 4.78 is 1.89. The van der Waals surface area contributed by atoms with Crippen LogP contribution in [-0.4, -0.2) is 62.5 Å². The molecule has 0 spiro atoms. The number of benzene rings is 1. The molecule has 3 aromatic rings. The number of nitrogens with zero attached hydrogens (tertiary/aromatic N) is 5. The van der Waals surface area contributed by atoms with Crippen LogP contribution in [-0.2, 0) is 0 Å². The Kier molecular flexibility index (Phi) is 5.44. The molecule has 2 aliphatic rings. The van der Waals surface area contributed by atoms with E-state index in [4.69, 9.17) is 11.6 Å². The zero-order chi connectivity index (χ0) is 20.5. The van der Waals surface area contributed by atoms with Crippen LogP contribution in [0.5, 0.6) is 0 Å². The SMILES string of the molecule is O=C(c1ccn2c(-c3cccc(Cl)c3)nnc2c1)N1CCN(C2CCCCC2)CC1. The maximum Gasteiger partial charge on any atom is 0.254 e. The fourth-order valence-electron chi connectivity index (χ4n) is 4.77. The molecular weight excluding hydrogens is 398 g/mol. The number of fused-ring (bicyclic) bond motifs is 1. The van der Waals surface area contributed by atoms with Gasteiger partial charge >= 0.3 is 0 Å². The fraction of sp³-hybridized carbons (Fsp3) is 0.435. The Morgan fingerprint density at radius 2 is 1.77 bits per heavy atom. The molecule has 1 aromatic carbocycles. The van der Waals surface area contributed by atoms with E-state index in [1.54, 1.807) is 0 Å². The third-order valence-electron chi connectivity index (χ3n) is 6.43. The summed E-state index contributed by atoms with van der Waals surface area (Å²) in [6.45, 7) is 3.53. The molecule has 0 radical (unpaired) electrons. The number of hydrogen-bond donors (Lipinski definition) is 0. The summed E-state index contributed by atoms with van der Waals surface area (Å²) in [7, 11) is 0. The van der Waals surface area contributed by atoms with Crippen LogP contribution < -0.4 is 0 Å². The summed E-state index contributed by atoms with van der Waals surface area (Å²) in [5.74, 6) is 0.792. The largest absolute Gasteiger partial charge is 0.336 e.